The van der Waals surface area contributed by atoms with Gasteiger partial charge in [0.2, 0.25) is 10.0 Å². The minimum Gasteiger partial charge on any atom is -0.397 e. The number of nitrogens with zero attached hydrogens (tertiary/aromatic N) is 2. The van der Waals surface area contributed by atoms with E-state index in [-0.39, 0.29) is 10.6 Å². The van der Waals surface area contributed by atoms with Crippen LogP contribution in [0.15, 0.2) is 41.6 Å². The highest BCUT2D eigenvalue weighted by Gasteiger charge is 2.14. The van der Waals surface area contributed by atoms with E-state index >= 15 is 0 Å². The third kappa shape index (κ3) is 3.72. The molecule has 0 fully saturated rings. The van der Waals surface area contributed by atoms with Crippen molar-refractivity contribution in [3.8, 4) is 0 Å². The molecule has 2 rings (SSSR count). The lowest BCUT2D eigenvalue weighted by molar-refractivity contribution is 0.553. The lowest BCUT2D eigenvalue weighted by Gasteiger charge is -2.08. The van der Waals surface area contributed by atoms with Crippen LogP contribution in [-0.4, -0.2) is 24.7 Å². The van der Waals surface area contributed by atoms with E-state index in [1.54, 1.807) is 10.9 Å². The summed E-state index contributed by atoms with van der Waals surface area (Å²) in [6.45, 7) is 0.975. The van der Waals surface area contributed by atoms with Crippen molar-refractivity contribution in [3.63, 3.8) is 0 Å². The van der Waals surface area contributed by atoms with Crippen molar-refractivity contribution >= 4 is 27.3 Å². The van der Waals surface area contributed by atoms with Gasteiger partial charge in [-0.2, -0.15) is 5.10 Å². The van der Waals surface area contributed by atoms with Gasteiger partial charge in [0.05, 0.1) is 15.6 Å². The molecule has 0 unspecified atom stereocenters. The van der Waals surface area contributed by atoms with Crippen molar-refractivity contribution in [1.82, 2.24) is 14.5 Å². The summed E-state index contributed by atoms with van der Waals surface area (Å²) in [5, 5.41) is 4.37. The molecule has 0 saturated carbocycles. The van der Waals surface area contributed by atoms with Gasteiger partial charge in [-0.3, -0.25) is 4.68 Å². The predicted molar refractivity (Wildman–Crippen MR) is 77.9 cm³/mol. The maximum Gasteiger partial charge on any atom is 0.240 e. The largest absolute Gasteiger partial charge is 0.397 e. The number of halogens is 1. The maximum absolute atomic E-state index is 12.0. The van der Waals surface area contributed by atoms with E-state index in [4.69, 9.17) is 17.3 Å². The molecule has 2 aromatic rings. The number of aromatic nitrogens is 2. The van der Waals surface area contributed by atoms with Gasteiger partial charge in [0.15, 0.2) is 0 Å². The van der Waals surface area contributed by atoms with Crippen molar-refractivity contribution in [2.75, 3.05) is 12.3 Å². The van der Waals surface area contributed by atoms with Gasteiger partial charge in [0.25, 0.3) is 0 Å². The molecule has 0 amide bonds. The van der Waals surface area contributed by atoms with Crippen molar-refractivity contribution in [2.24, 2.45) is 0 Å². The molecule has 0 aliphatic carbocycles. The fourth-order valence-corrected chi connectivity index (χ4v) is 2.88. The van der Waals surface area contributed by atoms with Gasteiger partial charge in [-0.15, -0.1) is 0 Å². The predicted octanol–water partition coefficient (Wildman–Crippen LogP) is 1.49. The van der Waals surface area contributed by atoms with Crippen LogP contribution in [0.2, 0.25) is 5.02 Å². The second-order valence-electron chi connectivity index (χ2n) is 4.20. The van der Waals surface area contributed by atoms with E-state index in [1.807, 2.05) is 12.3 Å². The molecule has 0 aliphatic heterocycles. The van der Waals surface area contributed by atoms with E-state index in [2.05, 4.69) is 9.82 Å². The Balaban J connectivity index is 1.92. The molecule has 0 atom stereocenters. The molecule has 1 aromatic carbocycles. The van der Waals surface area contributed by atoms with E-state index in [0.29, 0.717) is 24.5 Å². The smallest absolute Gasteiger partial charge is 0.240 e. The Morgan fingerprint density at radius 2 is 2.20 bits per heavy atom. The SMILES string of the molecule is Nc1cc(S(=O)(=O)NCCCn2cccn2)ccc1Cl. The molecule has 0 aliphatic rings. The normalized spacial score (nSPS) is 11.7. The van der Waals surface area contributed by atoms with Gasteiger partial charge in [0, 0.05) is 25.5 Å². The first-order chi connectivity index (χ1) is 9.49. The zero-order valence-electron chi connectivity index (χ0n) is 10.7. The molecular weight excluding hydrogens is 300 g/mol. The third-order valence-corrected chi connectivity index (χ3v) is 4.50. The molecule has 1 aromatic heterocycles. The minimum atomic E-state index is -3.56. The summed E-state index contributed by atoms with van der Waals surface area (Å²) in [5.41, 5.74) is 5.84. The number of hydrogen-bond donors (Lipinski definition) is 2. The highest BCUT2D eigenvalue weighted by atomic mass is 35.5. The highest BCUT2D eigenvalue weighted by Crippen LogP contribution is 2.21. The summed E-state index contributed by atoms with van der Waals surface area (Å²) < 4.78 is 28.3. The van der Waals surface area contributed by atoms with Gasteiger partial charge in [-0.25, -0.2) is 13.1 Å². The third-order valence-electron chi connectivity index (χ3n) is 2.69. The monoisotopic (exact) mass is 314 g/mol. The fourth-order valence-electron chi connectivity index (χ4n) is 1.65. The fraction of sp³-hybridized carbons (Fsp3) is 0.250. The van der Waals surface area contributed by atoms with E-state index in [0.717, 1.165) is 0 Å². The summed E-state index contributed by atoms with van der Waals surface area (Å²) in [5.74, 6) is 0. The van der Waals surface area contributed by atoms with Crippen LogP contribution in [0.3, 0.4) is 0 Å². The number of anilines is 1. The summed E-state index contributed by atoms with van der Waals surface area (Å²) in [4.78, 5) is 0.110. The average Bonchev–Trinajstić information content (AvgIpc) is 2.91. The lowest BCUT2D eigenvalue weighted by atomic mass is 10.3. The first kappa shape index (κ1) is 14.8. The number of benzene rings is 1. The summed E-state index contributed by atoms with van der Waals surface area (Å²) in [7, 11) is -3.56. The number of rotatable bonds is 6. The van der Waals surface area contributed by atoms with Gasteiger partial charge in [0.1, 0.15) is 0 Å². The molecule has 0 saturated heterocycles. The average molecular weight is 315 g/mol. The van der Waals surface area contributed by atoms with Gasteiger partial charge in [-0.1, -0.05) is 11.6 Å². The molecule has 8 heteroatoms. The molecule has 1 heterocycles. The number of sulfonamides is 1. The second-order valence-corrected chi connectivity index (χ2v) is 6.38. The van der Waals surface area contributed by atoms with Crippen LogP contribution in [-0.2, 0) is 16.6 Å². The van der Waals surface area contributed by atoms with E-state index < -0.39 is 10.0 Å². The number of nitrogen functional groups attached to an aromatic ring is 1. The van der Waals surface area contributed by atoms with Crippen LogP contribution < -0.4 is 10.5 Å². The molecule has 108 valence electrons. The number of nitrogens with one attached hydrogen (secondary N) is 1. The standard InChI is InChI=1S/C12H15ClN4O2S/c13-11-4-3-10(9-12(11)14)20(18,19)16-6-2-8-17-7-1-5-15-17/h1,3-5,7,9,16H,2,6,8,14H2. The second kappa shape index (κ2) is 6.25. The van der Waals surface area contributed by atoms with E-state index in [1.165, 1.54) is 18.2 Å². The van der Waals surface area contributed by atoms with Crippen molar-refractivity contribution in [3.05, 3.63) is 41.7 Å². The Bertz CT molecular complexity index is 671. The van der Waals surface area contributed by atoms with Crippen LogP contribution in [0, 0.1) is 0 Å². The van der Waals surface area contributed by atoms with Gasteiger partial charge < -0.3 is 5.73 Å². The van der Waals surface area contributed by atoms with Crippen LogP contribution in [0.25, 0.3) is 0 Å². The highest BCUT2D eigenvalue weighted by molar-refractivity contribution is 7.89. The quantitative estimate of drug-likeness (QED) is 0.624. The Morgan fingerprint density at radius 3 is 2.85 bits per heavy atom. The van der Waals surface area contributed by atoms with E-state index in [9.17, 15) is 8.42 Å². The Kier molecular flexibility index (Phi) is 4.64. The number of nitrogens with two attached hydrogens (primary N) is 1. The van der Waals surface area contributed by atoms with Gasteiger partial charge in [-0.05, 0) is 30.7 Å². The van der Waals surface area contributed by atoms with Crippen molar-refractivity contribution in [2.45, 2.75) is 17.9 Å². The number of aryl methyl sites for hydroxylation is 1. The zero-order chi connectivity index (χ0) is 14.6. The Morgan fingerprint density at radius 1 is 1.40 bits per heavy atom. The zero-order valence-corrected chi connectivity index (χ0v) is 12.2. The molecule has 6 nitrogen and oxygen atoms in total. The molecule has 20 heavy (non-hydrogen) atoms. The van der Waals surface area contributed by atoms with Gasteiger partial charge >= 0.3 is 0 Å². The Labute approximate surface area is 122 Å². The number of hydrogen-bond acceptors (Lipinski definition) is 4. The first-order valence-corrected chi connectivity index (χ1v) is 7.87. The van der Waals surface area contributed by atoms with Crippen molar-refractivity contribution in [1.29, 1.82) is 0 Å². The van der Waals surface area contributed by atoms with Crippen LogP contribution in [0.4, 0.5) is 5.69 Å². The summed E-state index contributed by atoms with van der Waals surface area (Å²) in [6.07, 6.45) is 4.15. The summed E-state index contributed by atoms with van der Waals surface area (Å²) >= 11 is 5.76. The van der Waals surface area contributed by atoms with Crippen LogP contribution in [0.1, 0.15) is 6.42 Å². The lowest BCUT2D eigenvalue weighted by Crippen LogP contribution is -2.25. The van der Waals surface area contributed by atoms with Crippen molar-refractivity contribution < 1.29 is 8.42 Å². The maximum atomic E-state index is 12.0. The molecule has 0 spiro atoms. The molecular formula is C12H15ClN4O2S. The molecule has 0 radical (unpaired) electrons. The Hall–Kier alpha value is -1.57. The molecule has 0 bridgehead atoms. The topological polar surface area (TPSA) is 90.0 Å². The summed E-state index contributed by atoms with van der Waals surface area (Å²) in [6, 6.07) is 6.06. The minimum absolute atomic E-state index is 0.110. The first-order valence-electron chi connectivity index (χ1n) is 6.01. The molecule has 3 N–H and O–H groups in total. The van der Waals surface area contributed by atoms with Crippen LogP contribution in [0.5, 0.6) is 0 Å². The van der Waals surface area contributed by atoms with Crippen LogP contribution >= 0.6 is 11.6 Å².